The Morgan fingerprint density at radius 1 is 1.31 bits per heavy atom. The lowest BCUT2D eigenvalue weighted by atomic mass is 10.2. The molecule has 1 aromatic heterocycles. The first kappa shape index (κ1) is 9.54. The minimum absolute atomic E-state index is 0.241. The molecule has 1 aliphatic heterocycles. The fourth-order valence-electron chi connectivity index (χ4n) is 1.98. The van der Waals surface area contributed by atoms with Crippen molar-refractivity contribution < 1.29 is 4.74 Å². The van der Waals surface area contributed by atoms with E-state index in [1.54, 1.807) is 0 Å². The topological polar surface area (TPSA) is 39.9 Å². The summed E-state index contributed by atoms with van der Waals surface area (Å²) in [7, 11) is 0. The van der Waals surface area contributed by atoms with E-state index in [1.165, 1.54) is 5.56 Å². The van der Waals surface area contributed by atoms with Crippen molar-refractivity contribution in [2.24, 2.45) is 0 Å². The van der Waals surface area contributed by atoms with E-state index in [0.29, 0.717) is 6.61 Å². The molecule has 1 aliphatic rings. The van der Waals surface area contributed by atoms with Gasteiger partial charge in [0.25, 0.3) is 0 Å². The Balaban J connectivity index is 1.57. The first-order chi connectivity index (χ1) is 7.92. The monoisotopic (exact) mass is 215 g/mol. The van der Waals surface area contributed by atoms with E-state index < -0.39 is 0 Å². The van der Waals surface area contributed by atoms with Crippen LogP contribution in [-0.2, 0) is 24.3 Å². The van der Waals surface area contributed by atoms with Crippen molar-refractivity contribution in [2.45, 2.75) is 25.7 Å². The molecule has 0 saturated heterocycles. The number of nitrogens with zero attached hydrogens (tertiary/aromatic N) is 3. The van der Waals surface area contributed by atoms with Crippen LogP contribution in [0.2, 0.25) is 0 Å². The first-order valence-electron chi connectivity index (χ1n) is 5.45. The van der Waals surface area contributed by atoms with E-state index in [-0.39, 0.29) is 6.10 Å². The highest BCUT2D eigenvalue weighted by molar-refractivity contribution is 5.13. The van der Waals surface area contributed by atoms with Crippen molar-refractivity contribution in [3.05, 3.63) is 47.8 Å². The number of hydrogen-bond donors (Lipinski definition) is 0. The summed E-state index contributed by atoms with van der Waals surface area (Å²) in [6, 6.07) is 10.2. The molecule has 0 N–H and O–H groups in total. The molecule has 0 radical (unpaired) electrons. The molecule has 0 bridgehead atoms. The molecule has 1 atom stereocenters. The summed E-state index contributed by atoms with van der Waals surface area (Å²) in [5.41, 5.74) is 2.38. The van der Waals surface area contributed by atoms with Crippen LogP contribution in [0.4, 0.5) is 0 Å². The molecule has 2 heterocycles. The van der Waals surface area contributed by atoms with Crippen molar-refractivity contribution in [3.8, 4) is 0 Å². The molecule has 4 heteroatoms. The maximum absolute atomic E-state index is 5.84. The predicted molar refractivity (Wildman–Crippen MR) is 58.7 cm³/mol. The van der Waals surface area contributed by atoms with Crippen molar-refractivity contribution in [2.75, 3.05) is 0 Å². The summed E-state index contributed by atoms with van der Waals surface area (Å²) in [6.07, 6.45) is 2.97. The Morgan fingerprint density at radius 2 is 2.19 bits per heavy atom. The predicted octanol–water partition coefficient (Wildman–Crippen LogP) is 1.42. The lowest BCUT2D eigenvalue weighted by molar-refractivity contribution is 0.0399. The Hall–Kier alpha value is -1.68. The van der Waals surface area contributed by atoms with Crippen LogP contribution in [0.1, 0.15) is 11.3 Å². The van der Waals surface area contributed by atoms with Gasteiger partial charge >= 0.3 is 0 Å². The molecule has 3 rings (SSSR count). The van der Waals surface area contributed by atoms with Gasteiger partial charge in [0.2, 0.25) is 0 Å². The fraction of sp³-hybridized carbons (Fsp3) is 0.333. The normalized spacial score (nSPS) is 18.6. The number of rotatable bonds is 3. The van der Waals surface area contributed by atoms with Crippen LogP contribution in [0.25, 0.3) is 0 Å². The lowest BCUT2D eigenvalue weighted by Crippen LogP contribution is -2.15. The second-order valence-corrected chi connectivity index (χ2v) is 4.03. The van der Waals surface area contributed by atoms with Crippen LogP contribution in [-0.4, -0.2) is 21.1 Å². The third kappa shape index (κ3) is 1.84. The quantitative estimate of drug-likeness (QED) is 0.777. The van der Waals surface area contributed by atoms with Gasteiger partial charge in [0.05, 0.1) is 31.1 Å². The zero-order valence-corrected chi connectivity index (χ0v) is 8.91. The Labute approximate surface area is 93.9 Å². The van der Waals surface area contributed by atoms with Gasteiger partial charge in [0, 0.05) is 6.42 Å². The maximum atomic E-state index is 5.84. The van der Waals surface area contributed by atoms with Gasteiger partial charge in [-0.25, -0.2) is 4.68 Å². The Morgan fingerprint density at radius 3 is 3.00 bits per heavy atom. The van der Waals surface area contributed by atoms with E-state index in [4.69, 9.17) is 4.74 Å². The standard InChI is InChI=1S/C12H13N3O/c1-2-4-10(5-3-1)9-16-12-6-11-7-13-14-15(11)8-12/h1-5,7,12H,6,8-9H2/t12-/m1/s1. The molecule has 0 spiro atoms. The molecule has 0 fully saturated rings. The minimum atomic E-state index is 0.241. The van der Waals surface area contributed by atoms with Gasteiger partial charge < -0.3 is 4.74 Å². The third-order valence-corrected chi connectivity index (χ3v) is 2.84. The molecule has 0 aliphatic carbocycles. The van der Waals surface area contributed by atoms with E-state index in [0.717, 1.165) is 18.7 Å². The van der Waals surface area contributed by atoms with Crippen LogP contribution < -0.4 is 0 Å². The van der Waals surface area contributed by atoms with E-state index in [2.05, 4.69) is 22.4 Å². The summed E-state index contributed by atoms with van der Waals surface area (Å²) >= 11 is 0. The smallest absolute Gasteiger partial charge is 0.0831 e. The molecule has 16 heavy (non-hydrogen) atoms. The fourth-order valence-corrected chi connectivity index (χ4v) is 1.98. The van der Waals surface area contributed by atoms with E-state index in [9.17, 15) is 0 Å². The van der Waals surface area contributed by atoms with Gasteiger partial charge in [-0.3, -0.25) is 0 Å². The minimum Gasteiger partial charge on any atom is -0.371 e. The highest BCUT2D eigenvalue weighted by atomic mass is 16.5. The summed E-state index contributed by atoms with van der Waals surface area (Å²) in [5.74, 6) is 0. The molecule has 0 unspecified atom stereocenters. The SMILES string of the molecule is c1ccc(CO[C@@H]2Cc3cnnn3C2)cc1. The van der Waals surface area contributed by atoms with Crippen LogP contribution in [0.3, 0.4) is 0 Å². The van der Waals surface area contributed by atoms with Crippen molar-refractivity contribution in [1.29, 1.82) is 0 Å². The second kappa shape index (κ2) is 4.06. The highest BCUT2D eigenvalue weighted by Gasteiger charge is 2.22. The van der Waals surface area contributed by atoms with E-state index >= 15 is 0 Å². The van der Waals surface area contributed by atoms with Gasteiger partial charge in [-0.1, -0.05) is 35.5 Å². The summed E-state index contributed by atoms with van der Waals surface area (Å²) in [6.45, 7) is 1.49. The maximum Gasteiger partial charge on any atom is 0.0831 e. The number of fused-ring (bicyclic) bond motifs is 1. The first-order valence-corrected chi connectivity index (χ1v) is 5.45. The van der Waals surface area contributed by atoms with Gasteiger partial charge in [-0.2, -0.15) is 0 Å². The molecule has 82 valence electrons. The molecular formula is C12H13N3O. The number of hydrogen-bond acceptors (Lipinski definition) is 3. The number of aromatic nitrogens is 3. The lowest BCUT2D eigenvalue weighted by Gasteiger charge is -2.10. The van der Waals surface area contributed by atoms with Gasteiger partial charge in [-0.15, -0.1) is 5.10 Å². The molecular weight excluding hydrogens is 202 g/mol. The van der Waals surface area contributed by atoms with Crippen molar-refractivity contribution in [3.63, 3.8) is 0 Å². The average molecular weight is 215 g/mol. The van der Waals surface area contributed by atoms with Gasteiger partial charge in [0.15, 0.2) is 0 Å². The summed E-state index contributed by atoms with van der Waals surface area (Å²) in [4.78, 5) is 0. The average Bonchev–Trinajstić information content (AvgIpc) is 2.88. The molecule has 0 saturated carbocycles. The highest BCUT2D eigenvalue weighted by Crippen LogP contribution is 2.16. The zero-order valence-electron chi connectivity index (χ0n) is 8.91. The van der Waals surface area contributed by atoms with Crippen LogP contribution >= 0.6 is 0 Å². The Kier molecular flexibility index (Phi) is 2.42. The van der Waals surface area contributed by atoms with Gasteiger partial charge in [0.1, 0.15) is 0 Å². The summed E-state index contributed by atoms with van der Waals surface area (Å²) < 4.78 is 7.75. The van der Waals surface area contributed by atoms with Crippen LogP contribution in [0.15, 0.2) is 36.5 Å². The number of benzene rings is 1. The van der Waals surface area contributed by atoms with Crippen LogP contribution in [0, 0.1) is 0 Å². The molecule has 1 aromatic carbocycles. The molecule has 2 aromatic rings. The van der Waals surface area contributed by atoms with Gasteiger partial charge in [-0.05, 0) is 5.56 Å². The van der Waals surface area contributed by atoms with Crippen molar-refractivity contribution in [1.82, 2.24) is 15.0 Å². The molecule has 0 amide bonds. The van der Waals surface area contributed by atoms with E-state index in [1.807, 2.05) is 29.1 Å². The Bertz CT molecular complexity index is 446. The zero-order chi connectivity index (χ0) is 10.8. The van der Waals surface area contributed by atoms with Crippen LogP contribution in [0.5, 0.6) is 0 Å². The second-order valence-electron chi connectivity index (χ2n) is 4.03. The third-order valence-electron chi connectivity index (χ3n) is 2.84. The molecule has 4 nitrogen and oxygen atoms in total. The summed E-state index contributed by atoms with van der Waals surface area (Å²) in [5, 5.41) is 7.84. The largest absolute Gasteiger partial charge is 0.371 e. The van der Waals surface area contributed by atoms with Crippen molar-refractivity contribution >= 4 is 0 Å². The number of ether oxygens (including phenoxy) is 1.